The standard InChI is InChI=1S/C26H29FN4O3.C21H22FN3O.C11H15NO4S.CH4/c1-17-13-18(2)23(30-25(33)29-21-7-12-34-16-21)14-22(17)24(32)31-10-8-26(27,9-11-31)20-5-3-19(15-28)4-6-20;1-14-11-15(2)19(24)12-18(14)20(26)25-9-7-21(22,8-10-25)17-5-3-16(13-23)4-6-17;1-9-2-4-11(5-3-9)17(13,14)16-12-10-6-7-15-8-10;/h3-6,13-14,21H,7-12,16H2,1-2H3,(H2,29,30,33);3-6,11-12H,7-10,24H2,1-2H3;2-5,10,12H,6-8H2,1H3;1H4/t21-;;10-;/m1.1./s1. The number of halogens is 2. The van der Waals surface area contributed by atoms with Gasteiger partial charge in [0.2, 0.25) is 0 Å². The normalized spacial score (nSPS) is 18.3. The number of hydrogen-bond donors (Lipinski definition) is 4. The number of anilines is 2. The summed E-state index contributed by atoms with van der Waals surface area (Å²) in [6, 6.07) is 30.5. The molecule has 4 heterocycles. The highest BCUT2D eigenvalue weighted by molar-refractivity contribution is 7.86. The first-order valence-corrected chi connectivity index (χ1v) is 27.1. The molecule has 4 fully saturated rings. The predicted molar refractivity (Wildman–Crippen MR) is 294 cm³/mol. The molecule has 0 unspecified atom stereocenters. The van der Waals surface area contributed by atoms with Crippen molar-refractivity contribution in [2.45, 2.75) is 109 Å². The van der Waals surface area contributed by atoms with E-state index in [0.29, 0.717) is 84.3 Å². The van der Waals surface area contributed by atoms with Gasteiger partial charge in [0.15, 0.2) is 0 Å². The fourth-order valence-corrected chi connectivity index (χ4v) is 10.4. The van der Waals surface area contributed by atoms with E-state index in [-0.39, 0.29) is 81.0 Å². The summed E-state index contributed by atoms with van der Waals surface area (Å²) in [7, 11) is -3.73. The average molecular weight is 1090 g/mol. The van der Waals surface area contributed by atoms with Gasteiger partial charge in [-0.3, -0.25) is 9.59 Å². The first-order valence-electron chi connectivity index (χ1n) is 25.6. The van der Waals surface area contributed by atoms with Crippen molar-refractivity contribution in [2.75, 3.05) is 63.7 Å². The number of amides is 4. The van der Waals surface area contributed by atoms with Crippen LogP contribution in [0.5, 0.6) is 0 Å². The third kappa shape index (κ3) is 15.1. The molecule has 0 aliphatic carbocycles. The molecular formula is C59H70F2N8O8S. The fourth-order valence-electron chi connectivity index (χ4n) is 9.55. The van der Waals surface area contributed by atoms with Gasteiger partial charge in [-0.1, -0.05) is 61.5 Å². The molecule has 9 rings (SSSR count). The number of nitriles is 2. The Morgan fingerprint density at radius 1 is 0.654 bits per heavy atom. The lowest BCUT2D eigenvalue weighted by Crippen LogP contribution is -2.43. The Balaban J connectivity index is 0.000000199. The highest BCUT2D eigenvalue weighted by Crippen LogP contribution is 2.39. The van der Waals surface area contributed by atoms with Crippen molar-refractivity contribution < 1.29 is 45.3 Å². The number of urea groups is 1. The Labute approximate surface area is 456 Å². The number of aryl methyl sites for hydroxylation is 5. The number of ether oxygens (including phenoxy) is 2. The van der Waals surface area contributed by atoms with Crippen molar-refractivity contribution in [2.24, 2.45) is 0 Å². The van der Waals surface area contributed by atoms with Crippen LogP contribution in [0.3, 0.4) is 0 Å². The van der Waals surface area contributed by atoms with E-state index in [2.05, 4.69) is 16.1 Å². The second-order valence-electron chi connectivity index (χ2n) is 20.1. The number of piperidine rings is 2. The first-order chi connectivity index (χ1) is 36.7. The molecule has 0 bridgehead atoms. The molecule has 0 saturated carbocycles. The minimum Gasteiger partial charge on any atom is -0.398 e. The van der Waals surface area contributed by atoms with Crippen LogP contribution in [0.4, 0.5) is 25.0 Å². The number of rotatable bonds is 10. The Morgan fingerprint density at radius 3 is 1.55 bits per heavy atom. The zero-order chi connectivity index (χ0) is 55.5. The van der Waals surface area contributed by atoms with Crippen molar-refractivity contribution in [1.82, 2.24) is 20.6 Å². The van der Waals surface area contributed by atoms with E-state index in [9.17, 15) is 22.8 Å². The zero-order valence-electron chi connectivity index (χ0n) is 44.1. The second-order valence-corrected chi connectivity index (χ2v) is 21.6. The third-order valence-corrected chi connectivity index (χ3v) is 15.6. The number of alkyl halides is 2. The van der Waals surface area contributed by atoms with Gasteiger partial charge >= 0.3 is 16.1 Å². The van der Waals surface area contributed by atoms with Gasteiger partial charge in [-0.15, -0.1) is 0 Å². The molecule has 4 aliphatic rings. The molecule has 16 nitrogen and oxygen atoms in total. The lowest BCUT2D eigenvalue weighted by molar-refractivity contribution is 0.0412. The number of benzene rings is 5. The van der Waals surface area contributed by atoms with Gasteiger partial charge in [0.1, 0.15) is 11.3 Å². The van der Waals surface area contributed by atoms with Crippen LogP contribution in [0.2, 0.25) is 0 Å². The molecule has 78 heavy (non-hydrogen) atoms. The summed E-state index contributed by atoms with van der Waals surface area (Å²) in [5.74, 6) is -0.275. The number of hydrogen-bond acceptors (Lipinski definition) is 12. The Hall–Kier alpha value is -7.26. The number of nitrogens with two attached hydrogens (primary N) is 1. The number of likely N-dealkylation sites (tertiary alicyclic amines) is 2. The highest BCUT2D eigenvalue weighted by Gasteiger charge is 2.39. The maximum absolute atomic E-state index is 15.6. The van der Waals surface area contributed by atoms with E-state index in [4.69, 9.17) is 30.0 Å². The molecule has 5 N–H and O–H groups in total. The van der Waals surface area contributed by atoms with E-state index >= 15 is 8.78 Å². The first kappa shape index (κ1) is 60.0. The number of hydroxylamine groups is 1. The summed E-state index contributed by atoms with van der Waals surface area (Å²) < 4.78 is 69.7. The van der Waals surface area contributed by atoms with E-state index in [1.54, 1.807) is 82.6 Å². The quantitative estimate of drug-likeness (QED) is 0.0757. The monoisotopic (exact) mass is 1090 g/mol. The topological polar surface area (TPSA) is 229 Å². The maximum Gasteiger partial charge on any atom is 0.319 e. The van der Waals surface area contributed by atoms with Gasteiger partial charge in [0.05, 0.1) is 53.5 Å². The molecular weight excluding hydrogens is 1020 g/mol. The lowest BCUT2D eigenvalue weighted by atomic mass is 9.85. The molecule has 19 heteroatoms. The fraction of sp³-hybridized carbons (Fsp3) is 0.407. The van der Waals surface area contributed by atoms with E-state index in [1.165, 1.54) is 12.1 Å². The highest BCUT2D eigenvalue weighted by atomic mass is 32.2. The molecule has 4 aliphatic heterocycles. The van der Waals surface area contributed by atoms with Crippen molar-refractivity contribution in [3.63, 3.8) is 0 Å². The van der Waals surface area contributed by atoms with E-state index in [1.807, 2.05) is 58.9 Å². The van der Waals surface area contributed by atoms with E-state index < -0.39 is 21.5 Å². The number of carbonyl (C=O) groups is 3. The van der Waals surface area contributed by atoms with Crippen molar-refractivity contribution >= 4 is 39.3 Å². The molecule has 0 radical (unpaired) electrons. The summed E-state index contributed by atoms with van der Waals surface area (Å²) in [6.45, 7) is 12.9. The van der Waals surface area contributed by atoms with Gasteiger partial charge in [-0.25, -0.2) is 13.6 Å². The van der Waals surface area contributed by atoms with Crippen LogP contribution < -0.4 is 21.8 Å². The SMILES string of the molecule is C.Cc1cc(C)c(C(=O)N2CCC(F)(c3ccc(C#N)cc3)CC2)cc1N.Cc1cc(C)c(C(=O)N2CCC(F)(c3ccc(C#N)cc3)CC2)cc1NC(=O)N[C@@H]1CCOC1.Cc1ccc(S(=O)(=O)ON[C@@H]2CCOC2)cc1. The van der Waals surface area contributed by atoms with Crippen LogP contribution in [-0.4, -0.2) is 101 Å². The molecule has 0 aromatic heterocycles. The van der Waals surface area contributed by atoms with Gasteiger partial charge in [0, 0.05) is 87.6 Å². The summed E-state index contributed by atoms with van der Waals surface area (Å²) >= 11 is 0. The molecule has 5 aromatic carbocycles. The Morgan fingerprint density at radius 2 is 1.10 bits per heavy atom. The Kier molecular flexibility index (Phi) is 20.3. The van der Waals surface area contributed by atoms with Gasteiger partial charge < -0.3 is 35.6 Å². The number of nitrogens with zero attached hydrogens (tertiary/aromatic N) is 4. The van der Waals surface area contributed by atoms with Crippen LogP contribution in [0.15, 0.2) is 102 Å². The van der Waals surface area contributed by atoms with Crippen LogP contribution in [0.25, 0.3) is 0 Å². The van der Waals surface area contributed by atoms with Crippen molar-refractivity contribution in [1.29, 1.82) is 10.5 Å². The van der Waals surface area contributed by atoms with Crippen molar-refractivity contribution in [3.8, 4) is 12.1 Å². The third-order valence-electron chi connectivity index (χ3n) is 14.5. The minimum atomic E-state index is -3.73. The van der Waals surface area contributed by atoms with Crippen LogP contribution in [0, 0.1) is 57.3 Å². The lowest BCUT2D eigenvalue weighted by Gasteiger charge is -2.37. The second kappa shape index (κ2) is 26.4. The maximum atomic E-state index is 15.6. The van der Waals surface area contributed by atoms with Gasteiger partial charge in [0.25, 0.3) is 11.8 Å². The zero-order valence-corrected chi connectivity index (χ0v) is 44.9. The van der Waals surface area contributed by atoms with Crippen LogP contribution in [0.1, 0.15) is 117 Å². The van der Waals surface area contributed by atoms with Gasteiger partial charge in [-0.05, 0) is 129 Å². The molecule has 4 amide bonds. The summed E-state index contributed by atoms with van der Waals surface area (Å²) in [4.78, 5) is 42.0. The molecule has 414 valence electrons. The Bertz CT molecular complexity index is 3100. The summed E-state index contributed by atoms with van der Waals surface area (Å²) in [5.41, 5.74) is 14.3. The number of nitrogens with one attached hydrogen (secondary N) is 3. The minimum absolute atomic E-state index is 0. The molecule has 2 atom stereocenters. The number of carbonyl (C=O) groups excluding carboxylic acids is 3. The number of nitrogen functional groups attached to an aromatic ring is 1. The smallest absolute Gasteiger partial charge is 0.319 e. The predicted octanol–water partition coefficient (Wildman–Crippen LogP) is 9.67. The van der Waals surface area contributed by atoms with Crippen LogP contribution >= 0.6 is 0 Å². The summed E-state index contributed by atoms with van der Waals surface area (Å²) in [6.07, 6.45) is 2.38. The van der Waals surface area contributed by atoms with E-state index in [0.717, 1.165) is 40.7 Å². The molecule has 4 saturated heterocycles. The van der Waals surface area contributed by atoms with Crippen LogP contribution in [-0.2, 0) is 35.2 Å². The largest absolute Gasteiger partial charge is 0.398 e. The van der Waals surface area contributed by atoms with Crippen molar-refractivity contribution in [3.05, 3.63) is 158 Å². The summed E-state index contributed by atoms with van der Waals surface area (Å²) in [5, 5.41) is 23.6. The average Bonchev–Trinajstić information content (AvgIpc) is 4.18. The van der Waals surface area contributed by atoms with Gasteiger partial charge in [-0.2, -0.15) is 28.7 Å². The molecule has 5 aromatic rings. The molecule has 0 spiro atoms.